The van der Waals surface area contributed by atoms with Crippen molar-refractivity contribution >= 4 is 16.8 Å². The number of benzene rings is 1. The van der Waals surface area contributed by atoms with E-state index in [1.54, 1.807) is 0 Å². The second kappa shape index (κ2) is 5.60. The van der Waals surface area contributed by atoms with Gasteiger partial charge in [-0.25, -0.2) is 0 Å². The fourth-order valence-corrected chi connectivity index (χ4v) is 3.84. The molecule has 4 heteroatoms. The lowest BCUT2D eigenvalue weighted by molar-refractivity contribution is 0.0736. The molecule has 1 N–H and O–H groups in total. The van der Waals surface area contributed by atoms with Crippen LogP contribution in [0.5, 0.6) is 0 Å². The Bertz CT molecular complexity index is 791. The second-order valence-electron chi connectivity index (χ2n) is 6.71. The molecule has 0 radical (unpaired) electrons. The minimum absolute atomic E-state index is 0.195. The summed E-state index contributed by atoms with van der Waals surface area (Å²) in [5.41, 5.74) is 6.72. The standard InChI is InChI=1S/C19H23N3O/c1-12-6-7-15-17(19(23)22-10-8-20-9-11-22)14-4-3-5-16(14)21-18(15)13(12)2/h6-7,20H,3-5,8-11H2,1-2H3. The van der Waals surface area contributed by atoms with Crippen molar-refractivity contribution in [3.63, 3.8) is 0 Å². The number of rotatable bonds is 1. The number of aromatic nitrogens is 1. The number of fused-ring (bicyclic) bond motifs is 2. The molecule has 1 aliphatic carbocycles. The van der Waals surface area contributed by atoms with Gasteiger partial charge in [-0.1, -0.05) is 12.1 Å². The molecule has 0 spiro atoms. The predicted octanol–water partition coefficient (Wildman–Crippen LogP) is 2.39. The lowest BCUT2D eigenvalue weighted by Crippen LogP contribution is -2.46. The highest BCUT2D eigenvalue weighted by atomic mass is 16.2. The number of carbonyl (C=O) groups is 1. The van der Waals surface area contributed by atoms with Crippen LogP contribution >= 0.6 is 0 Å². The van der Waals surface area contributed by atoms with Crippen LogP contribution in [0.4, 0.5) is 0 Å². The molecular formula is C19H23N3O. The summed E-state index contributed by atoms with van der Waals surface area (Å²) in [5.74, 6) is 0.195. The number of nitrogens with zero attached hydrogens (tertiary/aromatic N) is 2. The van der Waals surface area contributed by atoms with Gasteiger partial charge < -0.3 is 10.2 Å². The summed E-state index contributed by atoms with van der Waals surface area (Å²) in [6, 6.07) is 4.22. The highest BCUT2D eigenvalue weighted by Gasteiger charge is 2.28. The Morgan fingerprint density at radius 3 is 2.74 bits per heavy atom. The summed E-state index contributed by atoms with van der Waals surface area (Å²) in [6.45, 7) is 7.58. The van der Waals surface area contributed by atoms with E-state index in [1.807, 2.05) is 4.90 Å². The fourth-order valence-electron chi connectivity index (χ4n) is 3.84. The molecule has 4 rings (SSSR count). The largest absolute Gasteiger partial charge is 0.336 e. The lowest BCUT2D eigenvalue weighted by Gasteiger charge is -2.28. The second-order valence-corrected chi connectivity index (χ2v) is 6.71. The zero-order valence-corrected chi connectivity index (χ0v) is 13.9. The number of hydrogen-bond donors (Lipinski definition) is 1. The molecule has 2 aromatic rings. The van der Waals surface area contributed by atoms with E-state index in [-0.39, 0.29) is 5.91 Å². The summed E-state index contributed by atoms with van der Waals surface area (Å²) in [7, 11) is 0. The van der Waals surface area contributed by atoms with E-state index in [0.29, 0.717) is 0 Å². The summed E-state index contributed by atoms with van der Waals surface area (Å²) in [4.78, 5) is 20.2. The van der Waals surface area contributed by atoms with E-state index >= 15 is 0 Å². The lowest BCUT2D eigenvalue weighted by atomic mass is 9.96. The molecular weight excluding hydrogens is 286 g/mol. The molecule has 0 atom stereocenters. The first kappa shape index (κ1) is 14.6. The first-order valence-corrected chi connectivity index (χ1v) is 8.58. The van der Waals surface area contributed by atoms with Crippen LogP contribution in [0.15, 0.2) is 12.1 Å². The molecule has 120 valence electrons. The van der Waals surface area contributed by atoms with Crippen molar-refractivity contribution in [2.45, 2.75) is 33.1 Å². The van der Waals surface area contributed by atoms with Crippen molar-refractivity contribution in [2.75, 3.05) is 26.2 Å². The molecule has 1 aromatic carbocycles. The number of aryl methyl sites for hydroxylation is 3. The molecule has 0 saturated carbocycles. The molecule has 2 aliphatic rings. The zero-order valence-electron chi connectivity index (χ0n) is 13.9. The highest BCUT2D eigenvalue weighted by molar-refractivity contribution is 6.08. The average Bonchev–Trinajstić information content (AvgIpc) is 3.05. The Morgan fingerprint density at radius 1 is 1.17 bits per heavy atom. The average molecular weight is 309 g/mol. The van der Waals surface area contributed by atoms with Gasteiger partial charge in [0.2, 0.25) is 0 Å². The maximum absolute atomic E-state index is 13.2. The van der Waals surface area contributed by atoms with Crippen molar-refractivity contribution in [3.8, 4) is 0 Å². The van der Waals surface area contributed by atoms with E-state index in [4.69, 9.17) is 4.98 Å². The normalized spacial score (nSPS) is 17.6. The quantitative estimate of drug-likeness (QED) is 0.880. The minimum Gasteiger partial charge on any atom is -0.336 e. The van der Waals surface area contributed by atoms with Crippen LogP contribution in [0.25, 0.3) is 10.9 Å². The Labute approximate surface area is 136 Å². The van der Waals surface area contributed by atoms with Gasteiger partial charge in [0.25, 0.3) is 5.91 Å². The summed E-state index contributed by atoms with van der Waals surface area (Å²) < 4.78 is 0. The molecule has 1 saturated heterocycles. The molecule has 4 nitrogen and oxygen atoms in total. The number of piperazine rings is 1. The van der Waals surface area contributed by atoms with Crippen LogP contribution in [-0.4, -0.2) is 42.0 Å². The summed E-state index contributed by atoms with van der Waals surface area (Å²) >= 11 is 0. The minimum atomic E-state index is 0.195. The van der Waals surface area contributed by atoms with Gasteiger partial charge >= 0.3 is 0 Å². The summed E-state index contributed by atoms with van der Waals surface area (Å²) in [5, 5.41) is 4.36. The van der Waals surface area contributed by atoms with Crippen molar-refractivity contribution in [3.05, 3.63) is 40.1 Å². The molecule has 2 heterocycles. The zero-order chi connectivity index (χ0) is 16.0. The van der Waals surface area contributed by atoms with Crippen molar-refractivity contribution in [1.29, 1.82) is 0 Å². The number of hydrogen-bond acceptors (Lipinski definition) is 3. The van der Waals surface area contributed by atoms with Crippen LogP contribution in [0.2, 0.25) is 0 Å². The maximum atomic E-state index is 13.2. The molecule has 0 unspecified atom stereocenters. The van der Waals surface area contributed by atoms with E-state index in [2.05, 4.69) is 31.3 Å². The van der Waals surface area contributed by atoms with Crippen molar-refractivity contribution in [1.82, 2.24) is 15.2 Å². The smallest absolute Gasteiger partial charge is 0.254 e. The van der Waals surface area contributed by atoms with Gasteiger partial charge in [-0.3, -0.25) is 9.78 Å². The SMILES string of the molecule is Cc1ccc2c(C(=O)N3CCNCC3)c3c(nc2c1C)CCC3. The van der Waals surface area contributed by atoms with Gasteiger partial charge in [0.1, 0.15) is 0 Å². The monoisotopic (exact) mass is 309 g/mol. The fraction of sp³-hybridized carbons (Fsp3) is 0.474. The molecule has 1 fully saturated rings. The van der Waals surface area contributed by atoms with Gasteiger partial charge in [-0.2, -0.15) is 0 Å². The molecule has 1 aromatic heterocycles. The van der Waals surface area contributed by atoms with Gasteiger partial charge in [0.05, 0.1) is 11.1 Å². The van der Waals surface area contributed by atoms with Gasteiger partial charge in [0, 0.05) is 37.3 Å². The molecule has 1 amide bonds. The van der Waals surface area contributed by atoms with Crippen LogP contribution in [-0.2, 0) is 12.8 Å². The number of pyridine rings is 1. The van der Waals surface area contributed by atoms with E-state index in [0.717, 1.165) is 67.6 Å². The van der Waals surface area contributed by atoms with E-state index in [1.165, 1.54) is 16.7 Å². The van der Waals surface area contributed by atoms with Crippen LogP contribution in [0.3, 0.4) is 0 Å². The third-order valence-electron chi connectivity index (χ3n) is 5.33. The van der Waals surface area contributed by atoms with Crippen molar-refractivity contribution < 1.29 is 4.79 Å². The predicted molar refractivity (Wildman–Crippen MR) is 92.0 cm³/mol. The number of amides is 1. The number of carbonyl (C=O) groups excluding carboxylic acids is 1. The molecule has 1 aliphatic heterocycles. The Balaban J connectivity index is 1.93. The van der Waals surface area contributed by atoms with Gasteiger partial charge in [0.15, 0.2) is 0 Å². The first-order chi connectivity index (χ1) is 11.2. The van der Waals surface area contributed by atoms with Crippen LogP contribution < -0.4 is 5.32 Å². The van der Waals surface area contributed by atoms with E-state index in [9.17, 15) is 4.79 Å². The first-order valence-electron chi connectivity index (χ1n) is 8.58. The van der Waals surface area contributed by atoms with Crippen molar-refractivity contribution in [2.24, 2.45) is 0 Å². The van der Waals surface area contributed by atoms with Gasteiger partial charge in [-0.05, 0) is 49.8 Å². The van der Waals surface area contributed by atoms with E-state index < -0.39 is 0 Å². The maximum Gasteiger partial charge on any atom is 0.254 e. The summed E-state index contributed by atoms with van der Waals surface area (Å²) in [6.07, 6.45) is 3.09. The van der Waals surface area contributed by atoms with Gasteiger partial charge in [-0.15, -0.1) is 0 Å². The third kappa shape index (κ3) is 2.32. The highest BCUT2D eigenvalue weighted by Crippen LogP contribution is 2.33. The topological polar surface area (TPSA) is 45.2 Å². The Kier molecular flexibility index (Phi) is 3.57. The number of nitrogens with one attached hydrogen (secondary N) is 1. The van der Waals surface area contributed by atoms with Crippen LogP contribution in [0, 0.1) is 13.8 Å². The Hall–Kier alpha value is -1.94. The van der Waals surface area contributed by atoms with Crippen LogP contribution in [0.1, 0.15) is 39.2 Å². The molecule has 23 heavy (non-hydrogen) atoms. The Morgan fingerprint density at radius 2 is 1.96 bits per heavy atom. The molecule has 0 bridgehead atoms. The third-order valence-corrected chi connectivity index (χ3v) is 5.33.